The largest absolute Gasteiger partial charge is 0.305 e. The molecule has 2 rings (SSSR count). The molecular formula is C15H28N2. The smallest absolute Gasteiger partial charge is 0.00955 e. The van der Waals surface area contributed by atoms with Gasteiger partial charge in [0.15, 0.2) is 0 Å². The van der Waals surface area contributed by atoms with Crippen LogP contribution in [0.5, 0.6) is 0 Å². The van der Waals surface area contributed by atoms with E-state index in [-0.39, 0.29) is 0 Å². The zero-order chi connectivity index (χ0) is 12.3. The number of rotatable bonds is 5. The van der Waals surface area contributed by atoms with Crippen molar-refractivity contribution in [2.24, 2.45) is 5.41 Å². The molecule has 0 aromatic rings. The molecule has 1 atom stereocenters. The quantitative estimate of drug-likeness (QED) is 0.677. The first-order valence-corrected chi connectivity index (χ1v) is 7.22. The number of hydrogen-bond acceptors (Lipinski definition) is 2. The summed E-state index contributed by atoms with van der Waals surface area (Å²) in [6.45, 7) is 11.5. The summed E-state index contributed by atoms with van der Waals surface area (Å²) in [6, 6.07) is 0.795. The molecule has 1 unspecified atom stereocenters. The van der Waals surface area contributed by atoms with E-state index in [4.69, 9.17) is 0 Å². The van der Waals surface area contributed by atoms with Crippen LogP contribution in [0.25, 0.3) is 0 Å². The minimum absolute atomic E-state index is 0.696. The van der Waals surface area contributed by atoms with E-state index in [9.17, 15) is 0 Å². The van der Waals surface area contributed by atoms with Crippen molar-refractivity contribution in [1.82, 2.24) is 9.80 Å². The van der Waals surface area contributed by atoms with Crippen LogP contribution in [-0.4, -0.2) is 49.1 Å². The molecule has 2 aliphatic heterocycles. The molecule has 2 heterocycles. The monoisotopic (exact) mass is 236 g/mol. The Morgan fingerprint density at radius 1 is 1.29 bits per heavy atom. The van der Waals surface area contributed by atoms with E-state index >= 15 is 0 Å². The van der Waals surface area contributed by atoms with Crippen molar-refractivity contribution in [2.45, 2.75) is 45.1 Å². The summed E-state index contributed by atoms with van der Waals surface area (Å²) in [6.07, 6.45) is 8.66. The summed E-state index contributed by atoms with van der Waals surface area (Å²) in [7, 11) is 2.25. The van der Waals surface area contributed by atoms with E-state index in [1.54, 1.807) is 0 Å². The van der Waals surface area contributed by atoms with Gasteiger partial charge in [0.1, 0.15) is 0 Å². The third kappa shape index (κ3) is 2.92. The Morgan fingerprint density at radius 3 is 2.41 bits per heavy atom. The standard InChI is InChI=1S/C15H28N2/c1-4-6-7-14(5-2)17-10-8-15(9-11-17)12-16(3)13-15/h4,14H,1,5-13H2,2-3H3. The average Bonchev–Trinajstić information content (AvgIpc) is 2.30. The van der Waals surface area contributed by atoms with Crippen LogP contribution in [0.3, 0.4) is 0 Å². The Balaban J connectivity index is 1.79. The summed E-state index contributed by atoms with van der Waals surface area (Å²) >= 11 is 0. The summed E-state index contributed by atoms with van der Waals surface area (Å²) in [5.41, 5.74) is 0.696. The van der Waals surface area contributed by atoms with Crippen LogP contribution in [-0.2, 0) is 0 Å². The highest BCUT2D eigenvalue weighted by molar-refractivity contribution is 4.97. The fraction of sp³-hybridized carbons (Fsp3) is 0.867. The molecule has 17 heavy (non-hydrogen) atoms. The van der Waals surface area contributed by atoms with Crippen LogP contribution in [0.4, 0.5) is 0 Å². The summed E-state index contributed by atoms with van der Waals surface area (Å²) in [4.78, 5) is 5.19. The molecule has 0 amide bonds. The lowest BCUT2D eigenvalue weighted by Gasteiger charge is -2.54. The molecule has 0 aromatic carbocycles. The lowest BCUT2D eigenvalue weighted by molar-refractivity contribution is -0.0409. The number of hydrogen-bond donors (Lipinski definition) is 0. The topological polar surface area (TPSA) is 6.48 Å². The molecule has 2 aliphatic rings. The Morgan fingerprint density at radius 2 is 1.94 bits per heavy atom. The molecule has 0 N–H and O–H groups in total. The molecule has 0 aromatic heterocycles. The van der Waals surface area contributed by atoms with Crippen molar-refractivity contribution in [3.05, 3.63) is 12.7 Å². The van der Waals surface area contributed by atoms with Crippen molar-refractivity contribution in [3.63, 3.8) is 0 Å². The van der Waals surface area contributed by atoms with Gasteiger partial charge in [-0.05, 0) is 57.7 Å². The maximum absolute atomic E-state index is 3.84. The fourth-order valence-electron chi connectivity index (χ4n) is 3.73. The zero-order valence-corrected chi connectivity index (χ0v) is 11.6. The summed E-state index contributed by atoms with van der Waals surface area (Å²) in [5.74, 6) is 0. The molecule has 2 saturated heterocycles. The van der Waals surface area contributed by atoms with Crippen LogP contribution in [0, 0.1) is 5.41 Å². The number of allylic oxidation sites excluding steroid dienone is 1. The molecule has 2 fully saturated rings. The SMILES string of the molecule is C=CCCC(CC)N1CCC2(CC1)CN(C)C2. The Hall–Kier alpha value is -0.340. The highest BCUT2D eigenvalue weighted by atomic mass is 15.2. The molecule has 0 saturated carbocycles. The average molecular weight is 236 g/mol. The van der Waals surface area contributed by atoms with E-state index in [1.165, 1.54) is 58.3 Å². The second kappa shape index (κ2) is 5.53. The van der Waals surface area contributed by atoms with E-state index in [0.717, 1.165) is 6.04 Å². The van der Waals surface area contributed by atoms with Gasteiger partial charge in [-0.2, -0.15) is 0 Å². The number of likely N-dealkylation sites (tertiary alicyclic amines) is 2. The Labute approximate surface area is 107 Å². The number of nitrogens with zero attached hydrogens (tertiary/aromatic N) is 2. The molecule has 98 valence electrons. The first-order valence-electron chi connectivity index (χ1n) is 7.22. The van der Waals surface area contributed by atoms with Gasteiger partial charge < -0.3 is 9.80 Å². The van der Waals surface area contributed by atoms with Gasteiger partial charge in [0.25, 0.3) is 0 Å². The van der Waals surface area contributed by atoms with Gasteiger partial charge in [-0.25, -0.2) is 0 Å². The lowest BCUT2D eigenvalue weighted by atomic mass is 9.72. The minimum atomic E-state index is 0.696. The van der Waals surface area contributed by atoms with Gasteiger partial charge in [0.2, 0.25) is 0 Å². The molecule has 2 heteroatoms. The Bertz CT molecular complexity index is 246. The van der Waals surface area contributed by atoms with Gasteiger partial charge in [-0.3, -0.25) is 0 Å². The minimum Gasteiger partial charge on any atom is -0.305 e. The van der Waals surface area contributed by atoms with Crippen LogP contribution < -0.4 is 0 Å². The normalized spacial score (nSPS) is 26.7. The van der Waals surface area contributed by atoms with Crippen molar-refractivity contribution < 1.29 is 0 Å². The second-order valence-corrected chi connectivity index (χ2v) is 6.14. The highest BCUT2D eigenvalue weighted by Crippen LogP contribution is 2.40. The lowest BCUT2D eigenvalue weighted by Crippen LogP contribution is -2.59. The van der Waals surface area contributed by atoms with E-state index in [2.05, 4.69) is 36.4 Å². The van der Waals surface area contributed by atoms with Crippen molar-refractivity contribution in [2.75, 3.05) is 33.2 Å². The van der Waals surface area contributed by atoms with Crippen molar-refractivity contribution >= 4 is 0 Å². The van der Waals surface area contributed by atoms with Crippen LogP contribution >= 0.6 is 0 Å². The van der Waals surface area contributed by atoms with Crippen molar-refractivity contribution in [1.29, 1.82) is 0 Å². The van der Waals surface area contributed by atoms with Crippen LogP contribution in [0.2, 0.25) is 0 Å². The van der Waals surface area contributed by atoms with Gasteiger partial charge in [-0.1, -0.05) is 13.0 Å². The maximum atomic E-state index is 3.84. The summed E-state index contributed by atoms with van der Waals surface area (Å²) < 4.78 is 0. The van der Waals surface area contributed by atoms with Crippen LogP contribution in [0.15, 0.2) is 12.7 Å². The molecule has 0 bridgehead atoms. The third-order valence-electron chi connectivity index (χ3n) is 4.76. The van der Waals surface area contributed by atoms with Gasteiger partial charge in [-0.15, -0.1) is 6.58 Å². The van der Waals surface area contributed by atoms with E-state index in [1.807, 2.05) is 0 Å². The fourth-order valence-corrected chi connectivity index (χ4v) is 3.73. The third-order valence-corrected chi connectivity index (χ3v) is 4.76. The zero-order valence-electron chi connectivity index (χ0n) is 11.6. The predicted octanol–water partition coefficient (Wildman–Crippen LogP) is 2.76. The van der Waals surface area contributed by atoms with Gasteiger partial charge >= 0.3 is 0 Å². The molecule has 1 spiro atoms. The van der Waals surface area contributed by atoms with Gasteiger partial charge in [0, 0.05) is 19.1 Å². The maximum Gasteiger partial charge on any atom is 0.00955 e. The summed E-state index contributed by atoms with van der Waals surface area (Å²) in [5, 5.41) is 0. The molecule has 2 nitrogen and oxygen atoms in total. The van der Waals surface area contributed by atoms with Crippen molar-refractivity contribution in [3.8, 4) is 0 Å². The Kier molecular flexibility index (Phi) is 4.26. The molecule has 0 radical (unpaired) electrons. The first-order chi connectivity index (χ1) is 8.19. The number of piperidine rings is 1. The van der Waals surface area contributed by atoms with Crippen LogP contribution in [0.1, 0.15) is 39.0 Å². The van der Waals surface area contributed by atoms with Gasteiger partial charge in [0.05, 0.1) is 0 Å². The highest BCUT2D eigenvalue weighted by Gasteiger charge is 2.43. The second-order valence-electron chi connectivity index (χ2n) is 6.14. The van der Waals surface area contributed by atoms with E-state index in [0.29, 0.717) is 5.41 Å². The molecule has 0 aliphatic carbocycles. The predicted molar refractivity (Wildman–Crippen MR) is 74.2 cm³/mol. The van der Waals surface area contributed by atoms with E-state index < -0.39 is 0 Å². The first kappa shape index (κ1) is 13.1. The molecular weight excluding hydrogens is 208 g/mol.